The van der Waals surface area contributed by atoms with Gasteiger partial charge in [0.2, 0.25) is 5.91 Å². The van der Waals surface area contributed by atoms with E-state index < -0.39 is 11.7 Å². The zero-order valence-electron chi connectivity index (χ0n) is 17.0. The molecule has 0 unspecified atom stereocenters. The zero-order valence-corrected chi connectivity index (χ0v) is 18.6. The molecule has 2 heterocycles. The molecule has 0 radical (unpaired) electrons. The van der Waals surface area contributed by atoms with Crippen LogP contribution in [0.3, 0.4) is 0 Å². The molecule has 1 amide bonds. The number of fused-ring (bicyclic) bond motifs is 3. The minimum atomic E-state index is -4.53. The summed E-state index contributed by atoms with van der Waals surface area (Å²) in [5, 5.41) is 3.61. The molecule has 3 aromatic rings. The number of aryl methyl sites for hydroxylation is 2. The molecular formula is C22H20F3N3O2S2. The summed E-state index contributed by atoms with van der Waals surface area (Å²) in [6.45, 7) is 0. The van der Waals surface area contributed by atoms with Crippen molar-refractivity contribution in [1.82, 2.24) is 14.9 Å². The zero-order chi connectivity index (χ0) is 22.5. The molecule has 0 spiro atoms. The number of thioether (sulfide) groups is 1. The quantitative estimate of drug-likeness (QED) is 0.425. The van der Waals surface area contributed by atoms with Crippen molar-refractivity contribution in [2.75, 3.05) is 5.75 Å². The Labute approximate surface area is 190 Å². The Hall–Kier alpha value is -2.33. The number of aromatic nitrogens is 2. The second-order valence-corrected chi connectivity index (χ2v) is 10.1. The lowest BCUT2D eigenvalue weighted by Crippen LogP contribution is -2.28. The van der Waals surface area contributed by atoms with E-state index in [1.807, 2.05) is 0 Å². The van der Waals surface area contributed by atoms with Crippen LogP contribution in [0, 0.1) is 0 Å². The molecule has 10 heteroatoms. The molecule has 5 rings (SSSR count). The number of halogens is 3. The lowest BCUT2D eigenvalue weighted by Gasteiger charge is -2.15. The van der Waals surface area contributed by atoms with Gasteiger partial charge in [0.1, 0.15) is 4.83 Å². The van der Waals surface area contributed by atoms with E-state index in [4.69, 9.17) is 0 Å². The minimum absolute atomic E-state index is 0.0402. The number of carbonyl (C=O) groups is 1. The van der Waals surface area contributed by atoms with E-state index in [1.165, 1.54) is 28.0 Å². The number of nitrogens with one attached hydrogen (secondary N) is 1. The van der Waals surface area contributed by atoms with Crippen molar-refractivity contribution in [3.05, 3.63) is 50.6 Å². The van der Waals surface area contributed by atoms with Gasteiger partial charge in [0, 0.05) is 10.9 Å². The highest BCUT2D eigenvalue weighted by molar-refractivity contribution is 7.99. The molecule has 1 saturated carbocycles. The van der Waals surface area contributed by atoms with Gasteiger partial charge < -0.3 is 5.32 Å². The molecular weight excluding hydrogens is 459 g/mol. The third-order valence-corrected chi connectivity index (χ3v) is 7.79. The number of rotatable bonds is 5. The van der Waals surface area contributed by atoms with Crippen LogP contribution < -0.4 is 10.9 Å². The van der Waals surface area contributed by atoms with E-state index in [0.717, 1.165) is 72.9 Å². The summed E-state index contributed by atoms with van der Waals surface area (Å²) in [6, 6.07) is 4.89. The largest absolute Gasteiger partial charge is 0.416 e. The molecule has 1 aromatic carbocycles. The maximum Gasteiger partial charge on any atom is 0.416 e. The summed E-state index contributed by atoms with van der Waals surface area (Å²) in [5.41, 5.74) is -0.145. The molecule has 1 fully saturated rings. The highest BCUT2D eigenvalue weighted by atomic mass is 32.2. The fourth-order valence-corrected chi connectivity index (χ4v) is 6.09. The summed E-state index contributed by atoms with van der Waals surface area (Å²) in [5.74, 6) is -0.133. The number of thiophene rings is 1. The van der Waals surface area contributed by atoms with Gasteiger partial charge in [-0.2, -0.15) is 13.2 Å². The number of hydrogen-bond acceptors (Lipinski definition) is 5. The van der Waals surface area contributed by atoms with Gasteiger partial charge in [-0.3, -0.25) is 14.2 Å². The summed E-state index contributed by atoms with van der Waals surface area (Å²) in [6.07, 6.45) is 1.05. The van der Waals surface area contributed by atoms with Gasteiger partial charge in [-0.05, 0) is 62.3 Å². The Morgan fingerprint density at radius 2 is 2.03 bits per heavy atom. The van der Waals surface area contributed by atoms with E-state index in [-0.39, 0.29) is 34.1 Å². The number of amides is 1. The van der Waals surface area contributed by atoms with E-state index in [0.29, 0.717) is 10.2 Å². The normalized spacial score (nSPS) is 16.2. The van der Waals surface area contributed by atoms with E-state index in [2.05, 4.69) is 10.3 Å². The van der Waals surface area contributed by atoms with Gasteiger partial charge in [-0.1, -0.05) is 17.8 Å². The first kappa shape index (κ1) is 21.5. The van der Waals surface area contributed by atoms with Crippen LogP contribution in [0.2, 0.25) is 0 Å². The molecule has 168 valence electrons. The van der Waals surface area contributed by atoms with Crippen LogP contribution in [0.5, 0.6) is 0 Å². The molecule has 0 bridgehead atoms. The van der Waals surface area contributed by atoms with Crippen molar-refractivity contribution in [3.8, 4) is 5.69 Å². The fourth-order valence-electron chi connectivity index (χ4n) is 3.96. The number of carbonyl (C=O) groups excluding carboxylic acids is 1. The van der Waals surface area contributed by atoms with Crippen LogP contribution in [-0.2, 0) is 23.8 Å². The maximum absolute atomic E-state index is 13.6. The summed E-state index contributed by atoms with van der Waals surface area (Å²) >= 11 is 2.55. The molecule has 0 saturated heterocycles. The maximum atomic E-state index is 13.6. The van der Waals surface area contributed by atoms with Gasteiger partial charge in [0.25, 0.3) is 5.56 Å². The Morgan fingerprint density at radius 1 is 1.25 bits per heavy atom. The van der Waals surface area contributed by atoms with Gasteiger partial charge in [0.15, 0.2) is 5.16 Å². The van der Waals surface area contributed by atoms with E-state index in [9.17, 15) is 22.8 Å². The Kier molecular flexibility index (Phi) is 5.53. The van der Waals surface area contributed by atoms with Gasteiger partial charge >= 0.3 is 6.18 Å². The predicted molar refractivity (Wildman–Crippen MR) is 119 cm³/mol. The first-order chi connectivity index (χ1) is 15.3. The SMILES string of the molecule is O=C(CSc1nc2sc3c(c2c(=O)n1-c1cccc(C(F)(F)F)c1)CCCC3)NC1CC1. The number of alkyl halides is 3. The average Bonchev–Trinajstić information content (AvgIpc) is 3.48. The standard InChI is InChI=1S/C22H20F3N3O2S2/c23-22(24,25)12-4-3-5-14(10-12)28-20(30)18-15-6-1-2-7-16(15)32-19(18)27-21(28)31-11-17(29)26-13-8-9-13/h3-5,10,13H,1-2,6-9,11H2,(H,26,29). The molecule has 1 N–H and O–H groups in total. The van der Waals surface area contributed by atoms with Crippen molar-refractivity contribution < 1.29 is 18.0 Å². The third kappa shape index (κ3) is 4.17. The first-order valence-electron chi connectivity index (χ1n) is 10.5. The summed E-state index contributed by atoms with van der Waals surface area (Å²) in [7, 11) is 0. The molecule has 2 aliphatic carbocycles. The van der Waals surface area contributed by atoms with Crippen LogP contribution in [0.15, 0.2) is 34.2 Å². The molecule has 0 atom stereocenters. The second kappa shape index (κ2) is 8.22. The van der Waals surface area contributed by atoms with Crippen molar-refractivity contribution >= 4 is 39.2 Å². The highest BCUT2D eigenvalue weighted by Gasteiger charge is 2.31. The lowest BCUT2D eigenvalue weighted by molar-refractivity contribution is -0.137. The number of nitrogens with zero attached hydrogens (tertiary/aromatic N) is 2. The van der Waals surface area contributed by atoms with Gasteiger partial charge in [0.05, 0.1) is 22.4 Å². The fraction of sp³-hybridized carbons (Fsp3) is 0.409. The van der Waals surface area contributed by atoms with Crippen LogP contribution in [0.4, 0.5) is 13.2 Å². The average molecular weight is 480 g/mol. The van der Waals surface area contributed by atoms with Crippen molar-refractivity contribution in [2.24, 2.45) is 0 Å². The van der Waals surface area contributed by atoms with E-state index >= 15 is 0 Å². The number of benzene rings is 1. The monoisotopic (exact) mass is 479 g/mol. The Bertz CT molecular complexity index is 1260. The Balaban J connectivity index is 1.63. The molecule has 32 heavy (non-hydrogen) atoms. The lowest BCUT2D eigenvalue weighted by atomic mass is 9.97. The van der Waals surface area contributed by atoms with Crippen LogP contribution >= 0.6 is 23.1 Å². The van der Waals surface area contributed by atoms with Crippen LogP contribution in [0.25, 0.3) is 15.9 Å². The van der Waals surface area contributed by atoms with Gasteiger partial charge in [-0.15, -0.1) is 11.3 Å². The molecule has 2 aromatic heterocycles. The van der Waals surface area contributed by atoms with Crippen molar-refractivity contribution in [2.45, 2.75) is 55.9 Å². The first-order valence-corrected chi connectivity index (χ1v) is 12.3. The third-order valence-electron chi connectivity index (χ3n) is 5.66. The van der Waals surface area contributed by atoms with Crippen molar-refractivity contribution in [3.63, 3.8) is 0 Å². The molecule has 5 nitrogen and oxygen atoms in total. The van der Waals surface area contributed by atoms with E-state index in [1.54, 1.807) is 0 Å². The highest BCUT2D eigenvalue weighted by Crippen LogP contribution is 2.36. The summed E-state index contributed by atoms with van der Waals surface area (Å²) < 4.78 is 41.2. The topological polar surface area (TPSA) is 64.0 Å². The smallest absolute Gasteiger partial charge is 0.353 e. The number of hydrogen-bond donors (Lipinski definition) is 1. The predicted octanol–water partition coefficient (Wildman–Crippen LogP) is 4.72. The Morgan fingerprint density at radius 3 is 2.78 bits per heavy atom. The van der Waals surface area contributed by atoms with Gasteiger partial charge in [-0.25, -0.2) is 4.98 Å². The van der Waals surface area contributed by atoms with Crippen molar-refractivity contribution in [1.29, 1.82) is 0 Å². The molecule has 2 aliphatic rings. The van der Waals surface area contributed by atoms with Crippen LogP contribution in [-0.4, -0.2) is 27.3 Å². The molecule has 0 aliphatic heterocycles. The minimum Gasteiger partial charge on any atom is -0.353 e. The summed E-state index contributed by atoms with van der Waals surface area (Å²) in [4.78, 5) is 32.2. The van der Waals surface area contributed by atoms with Crippen LogP contribution in [0.1, 0.15) is 41.7 Å². The second-order valence-electron chi connectivity index (χ2n) is 8.10.